The summed E-state index contributed by atoms with van der Waals surface area (Å²) in [6, 6.07) is 14.3. The number of sulfone groups is 1. The monoisotopic (exact) mass is 468 g/mol. The maximum absolute atomic E-state index is 12.1. The Morgan fingerprint density at radius 3 is 2.52 bits per heavy atom. The summed E-state index contributed by atoms with van der Waals surface area (Å²) in [6.45, 7) is 0.0811. The van der Waals surface area contributed by atoms with E-state index in [0.29, 0.717) is 0 Å². The smallest absolute Gasteiger partial charge is 0.373 e. The molecule has 33 heavy (non-hydrogen) atoms. The molecule has 0 atom stereocenters. The predicted octanol–water partition coefficient (Wildman–Crippen LogP) is 2.16. The minimum absolute atomic E-state index is 0.0671. The zero-order valence-electron chi connectivity index (χ0n) is 17.0. The Bertz CT molecular complexity index is 1390. The van der Waals surface area contributed by atoms with Crippen LogP contribution in [0.3, 0.4) is 0 Å². The third-order valence-electron chi connectivity index (χ3n) is 4.23. The van der Waals surface area contributed by atoms with Gasteiger partial charge in [-0.15, -0.1) is 0 Å². The molecule has 0 radical (unpaired) electrons. The second kappa shape index (κ2) is 9.28. The van der Waals surface area contributed by atoms with E-state index in [1.807, 2.05) is 6.07 Å². The van der Waals surface area contributed by atoms with Crippen LogP contribution >= 0.6 is 0 Å². The number of carbonyl (C=O) groups is 1. The standard InChI is InChI=1S/C20H16N6O6S/c1-33(30,31)20-24-18(23-11-12-5-3-2-4-6-12)16(26(28)29)19(25-20)32-15-9-13(10-21)7-8-14(15)17(22)27/h2-9H,11H2,1H3,(H2,22,27)(H,23,24,25). The molecule has 0 unspecified atom stereocenters. The molecule has 0 bridgehead atoms. The highest BCUT2D eigenvalue weighted by Crippen LogP contribution is 2.37. The SMILES string of the molecule is CS(=O)(=O)c1nc(NCc2ccccc2)c([N+](=O)[O-])c(Oc2cc(C#N)ccc2C(N)=O)n1. The van der Waals surface area contributed by atoms with Gasteiger partial charge in [-0.05, 0) is 23.8 Å². The van der Waals surface area contributed by atoms with Gasteiger partial charge < -0.3 is 15.8 Å². The molecule has 3 rings (SSSR count). The van der Waals surface area contributed by atoms with Crippen LogP contribution in [0.25, 0.3) is 0 Å². The van der Waals surface area contributed by atoms with E-state index in [1.165, 1.54) is 12.1 Å². The van der Waals surface area contributed by atoms with E-state index in [2.05, 4.69) is 15.3 Å². The van der Waals surface area contributed by atoms with Crippen molar-refractivity contribution in [2.75, 3.05) is 11.6 Å². The first kappa shape index (κ1) is 23.1. The highest BCUT2D eigenvalue weighted by atomic mass is 32.2. The van der Waals surface area contributed by atoms with Crippen LogP contribution < -0.4 is 15.8 Å². The summed E-state index contributed by atoms with van der Waals surface area (Å²) in [7, 11) is -4.01. The van der Waals surface area contributed by atoms with Gasteiger partial charge in [0, 0.05) is 12.8 Å². The first-order valence-corrected chi connectivity index (χ1v) is 11.1. The molecular weight excluding hydrogens is 452 g/mol. The van der Waals surface area contributed by atoms with Crippen molar-refractivity contribution in [3.05, 3.63) is 75.3 Å². The predicted molar refractivity (Wildman–Crippen MR) is 115 cm³/mol. The van der Waals surface area contributed by atoms with E-state index in [9.17, 15) is 23.3 Å². The summed E-state index contributed by atoms with van der Waals surface area (Å²) in [5.74, 6) is -2.40. The summed E-state index contributed by atoms with van der Waals surface area (Å²) in [5.41, 5.74) is 5.17. The largest absolute Gasteiger partial charge is 0.433 e. The maximum Gasteiger partial charge on any atom is 0.373 e. The Morgan fingerprint density at radius 1 is 1.24 bits per heavy atom. The maximum atomic E-state index is 12.1. The Balaban J connectivity index is 2.17. The van der Waals surface area contributed by atoms with E-state index in [4.69, 9.17) is 15.7 Å². The van der Waals surface area contributed by atoms with Gasteiger partial charge >= 0.3 is 11.6 Å². The summed E-state index contributed by atoms with van der Waals surface area (Å²) in [6.07, 6.45) is 0.823. The van der Waals surface area contributed by atoms with Crippen molar-refractivity contribution in [2.24, 2.45) is 5.73 Å². The number of nitrogens with two attached hydrogens (primary N) is 1. The van der Waals surface area contributed by atoms with Crippen molar-refractivity contribution in [3.63, 3.8) is 0 Å². The second-order valence-corrected chi connectivity index (χ2v) is 8.58. The Kier molecular flexibility index (Phi) is 6.50. The van der Waals surface area contributed by atoms with Gasteiger partial charge in [0.1, 0.15) is 5.75 Å². The van der Waals surface area contributed by atoms with Crippen LogP contribution in [-0.4, -0.2) is 35.5 Å². The first-order valence-electron chi connectivity index (χ1n) is 9.16. The van der Waals surface area contributed by atoms with Gasteiger partial charge in [-0.2, -0.15) is 15.2 Å². The fraction of sp³-hybridized carbons (Fsp3) is 0.100. The van der Waals surface area contributed by atoms with Crippen molar-refractivity contribution >= 4 is 27.2 Å². The van der Waals surface area contributed by atoms with E-state index < -0.39 is 43.2 Å². The number of primary amides is 1. The molecule has 0 aliphatic rings. The number of aromatic nitrogens is 2. The van der Waals surface area contributed by atoms with E-state index >= 15 is 0 Å². The van der Waals surface area contributed by atoms with Crippen LogP contribution in [0.5, 0.6) is 11.6 Å². The average Bonchev–Trinajstić information content (AvgIpc) is 2.77. The lowest BCUT2D eigenvalue weighted by atomic mass is 10.1. The lowest BCUT2D eigenvalue weighted by Crippen LogP contribution is -2.14. The lowest BCUT2D eigenvalue weighted by molar-refractivity contribution is -0.385. The first-order chi connectivity index (χ1) is 15.6. The van der Waals surface area contributed by atoms with Crippen LogP contribution in [0.1, 0.15) is 21.5 Å². The third-order valence-corrected chi connectivity index (χ3v) is 5.08. The van der Waals surface area contributed by atoms with Crippen LogP contribution in [0.15, 0.2) is 53.7 Å². The van der Waals surface area contributed by atoms with Crippen LogP contribution in [-0.2, 0) is 16.4 Å². The van der Waals surface area contributed by atoms with Gasteiger partial charge in [0.2, 0.25) is 15.7 Å². The van der Waals surface area contributed by atoms with Crippen molar-refractivity contribution in [1.29, 1.82) is 5.26 Å². The fourth-order valence-corrected chi connectivity index (χ4v) is 3.21. The quantitative estimate of drug-likeness (QED) is 0.281. The van der Waals surface area contributed by atoms with Gasteiger partial charge in [-0.25, -0.2) is 8.42 Å². The Morgan fingerprint density at radius 2 is 1.94 bits per heavy atom. The molecule has 0 spiro atoms. The summed E-state index contributed by atoms with van der Waals surface area (Å²) in [4.78, 5) is 30.3. The zero-order chi connectivity index (χ0) is 24.2. The van der Waals surface area contributed by atoms with E-state index in [1.54, 1.807) is 30.3 Å². The molecular formula is C20H16N6O6S. The van der Waals surface area contributed by atoms with Crippen molar-refractivity contribution < 1.29 is 22.9 Å². The van der Waals surface area contributed by atoms with Crippen LogP contribution in [0, 0.1) is 21.4 Å². The molecule has 13 heteroatoms. The van der Waals surface area contributed by atoms with Gasteiger partial charge in [0.05, 0.1) is 22.1 Å². The van der Waals surface area contributed by atoms with Crippen LogP contribution in [0.4, 0.5) is 11.5 Å². The minimum Gasteiger partial charge on any atom is -0.433 e. The Labute approximate surface area is 187 Å². The number of nitrogens with one attached hydrogen (secondary N) is 1. The van der Waals surface area contributed by atoms with Crippen LogP contribution in [0.2, 0.25) is 0 Å². The molecule has 0 aliphatic heterocycles. The van der Waals surface area contributed by atoms with Crippen molar-refractivity contribution in [3.8, 4) is 17.7 Å². The zero-order valence-corrected chi connectivity index (χ0v) is 17.9. The number of hydrogen-bond donors (Lipinski definition) is 2. The normalized spacial score (nSPS) is 10.8. The number of hydrogen-bond acceptors (Lipinski definition) is 10. The van der Waals surface area contributed by atoms with Crippen molar-refractivity contribution in [1.82, 2.24) is 9.97 Å². The number of rotatable bonds is 8. The van der Waals surface area contributed by atoms with Gasteiger partial charge in [0.15, 0.2) is 0 Å². The number of nitriles is 1. The van der Waals surface area contributed by atoms with E-state index in [-0.39, 0.29) is 23.4 Å². The highest BCUT2D eigenvalue weighted by molar-refractivity contribution is 7.90. The number of nitrogens with zero attached hydrogens (tertiary/aromatic N) is 4. The van der Waals surface area contributed by atoms with Gasteiger partial charge in [0.25, 0.3) is 11.1 Å². The molecule has 12 nitrogen and oxygen atoms in total. The number of anilines is 1. The van der Waals surface area contributed by atoms with Gasteiger partial charge in [-0.3, -0.25) is 14.9 Å². The highest BCUT2D eigenvalue weighted by Gasteiger charge is 2.30. The number of benzene rings is 2. The molecule has 3 N–H and O–H groups in total. The minimum atomic E-state index is -4.01. The summed E-state index contributed by atoms with van der Waals surface area (Å²) in [5, 5.41) is 23.0. The summed E-state index contributed by atoms with van der Waals surface area (Å²) >= 11 is 0. The molecule has 1 amide bonds. The molecule has 2 aromatic carbocycles. The molecule has 0 aliphatic carbocycles. The second-order valence-electron chi connectivity index (χ2n) is 6.67. The molecule has 1 heterocycles. The van der Waals surface area contributed by atoms with Gasteiger partial charge in [-0.1, -0.05) is 30.3 Å². The fourth-order valence-electron chi connectivity index (χ4n) is 2.71. The number of carbonyl (C=O) groups excluding carboxylic acids is 1. The third kappa shape index (κ3) is 5.38. The molecule has 3 aromatic rings. The Hall–Kier alpha value is -4.57. The molecule has 1 aromatic heterocycles. The number of ether oxygens (including phenoxy) is 1. The molecule has 0 fully saturated rings. The summed E-state index contributed by atoms with van der Waals surface area (Å²) < 4.78 is 29.7. The molecule has 0 saturated heterocycles. The van der Waals surface area contributed by atoms with Crippen molar-refractivity contribution in [2.45, 2.75) is 11.7 Å². The lowest BCUT2D eigenvalue weighted by Gasteiger charge is -2.13. The molecule has 168 valence electrons. The number of nitro groups is 1. The average molecular weight is 468 g/mol. The topological polar surface area (TPSA) is 191 Å². The molecule has 0 saturated carbocycles. The van der Waals surface area contributed by atoms with E-state index in [0.717, 1.165) is 17.9 Å². The number of amides is 1.